The number of amides is 1. The number of nitrogens with zero attached hydrogens (tertiary/aromatic N) is 1. The van der Waals surface area contributed by atoms with E-state index in [1.165, 1.54) is 0 Å². The van der Waals surface area contributed by atoms with E-state index in [0.717, 1.165) is 37.3 Å². The summed E-state index contributed by atoms with van der Waals surface area (Å²) >= 11 is 0. The van der Waals surface area contributed by atoms with Gasteiger partial charge in [0.15, 0.2) is 0 Å². The maximum Gasteiger partial charge on any atom is 0.232 e. The van der Waals surface area contributed by atoms with Gasteiger partial charge in [-0.05, 0) is 18.6 Å². The zero-order valence-electron chi connectivity index (χ0n) is 10.7. The minimum Gasteiger partial charge on any atom is -0.370 e. The molecule has 17 heavy (non-hydrogen) atoms. The van der Waals surface area contributed by atoms with Crippen molar-refractivity contribution in [3.05, 3.63) is 42.6 Å². The first-order chi connectivity index (χ1) is 8.59. The van der Waals surface area contributed by atoms with Gasteiger partial charge in [0.05, 0.1) is 6.79 Å². The minimum absolute atomic E-state index is 0.118. The average molecular weight is 230 g/mol. The summed E-state index contributed by atoms with van der Waals surface area (Å²) in [6.07, 6.45) is 1.62. The van der Waals surface area contributed by atoms with Crippen molar-refractivity contribution >= 4 is 11.6 Å². The maximum atomic E-state index is 12.0. The predicted octanol–water partition coefficient (Wildman–Crippen LogP) is 1.92. The Morgan fingerprint density at radius 1 is 1.47 bits per heavy atom. The highest BCUT2D eigenvalue weighted by Crippen LogP contribution is 2.41. The molecule has 0 radical (unpaired) electrons. The summed E-state index contributed by atoms with van der Waals surface area (Å²) in [6.45, 7) is 5.49. The third-order valence-corrected chi connectivity index (χ3v) is 3.74. The molecule has 1 unspecified atom stereocenters. The van der Waals surface area contributed by atoms with Gasteiger partial charge in [0.2, 0.25) is 5.91 Å². The molecule has 1 amide bonds. The second-order valence-corrected chi connectivity index (χ2v) is 4.94. The largest absolute Gasteiger partial charge is 0.370 e. The van der Waals surface area contributed by atoms with Crippen molar-refractivity contribution in [1.82, 2.24) is 5.32 Å². The highest BCUT2D eigenvalue weighted by Gasteiger charge is 2.48. The van der Waals surface area contributed by atoms with Crippen molar-refractivity contribution in [3.8, 4) is 0 Å². The van der Waals surface area contributed by atoms with E-state index < -0.39 is 0 Å². The van der Waals surface area contributed by atoms with Gasteiger partial charge in [0, 0.05) is 30.9 Å². The fourth-order valence-electron chi connectivity index (χ4n) is 2.84. The van der Waals surface area contributed by atoms with E-state index in [4.69, 9.17) is 1.37 Å². The summed E-state index contributed by atoms with van der Waals surface area (Å²) in [6, 6.07) is 7.98. The van der Waals surface area contributed by atoms with E-state index in [9.17, 15) is 4.79 Å². The number of carbonyl (C=O) groups is 1. The number of anilines is 1. The molecule has 2 saturated heterocycles. The van der Waals surface area contributed by atoms with E-state index in [-0.39, 0.29) is 11.3 Å². The van der Waals surface area contributed by atoms with Crippen molar-refractivity contribution in [2.75, 3.05) is 18.0 Å². The number of allylic oxidation sites excluding steroid dienone is 1. The Morgan fingerprint density at radius 3 is 2.88 bits per heavy atom. The number of hydrogen-bond acceptors (Lipinski definition) is 2. The number of benzene rings is 1. The number of nitrogens with one attached hydrogen (secondary N) is 1. The van der Waals surface area contributed by atoms with Crippen LogP contribution in [0.2, 0.25) is 0 Å². The summed E-state index contributed by atoms with van der Waals surface area (Å²) in [5.74, 6) is 0.118. The molecule has 1 aromatic carbocycles. The Labute approximate surface area is 103 Å². The fourth-order valence-corrected chi connectivity index (χ4v) is 2.84. The lowest BCUT2D eigenvalue weighted by atomic mass is 9.85. The molecular weight excluding hydrogens is 212 g/mol. The van der Waals surface area contributed by atoms with Crippen LogP contribution in [0.5, 0.6) is 0 Å². The molecule has 1 atom stereocenters. The molecule has 2 heterocycles. The molecule has 3 rings (SSSR count). The highest BCUT2D eigenvalue weighted by atomic mass is 16.2. The van der Waals surface area contributed by atoms with Crippen molar-refractivity contribution in [1.29, 1.82) is 0 Å². The molecule has 0 aliphatic carbocycles. The average Bonchev–Trinajstić information content (AvgIpc) is 2.86. The van der Waals surface area contributed by atoms with Gasteiger partial charge >= 0.3 is 0 Å². The quantitative estimate of drug-likeness (QED) is 0.799. The summed E-state index contributed by atoms with van der Waals surface area (Å²) in [5.41, 5.74) is 1.65. The van der Waals surface area contributed by atoms with Gasteiger partial charge in [-0.1, -0.05) is 24.8 Å². The molecule has 2 aliphatic heterocycles. The number of rotatable bonds is 1. The summed E-state index contributed by atoms with van der Waals surface area (Å²) in [5, 5.41) is 2.84. The third kappa shape index (κ3) is 1.62. The van der Waals surface area contributed by atoms with Gasteiger partial charge in [0.1, 0.15) is 0 Å². The Bertz CT molecular complexity index is 511. The summed E-state index contributed by atoms with van der Waals surface area (Å²) < 4.78 is 7.49. The van der Waals surface area contributed by atoms with Crippen molar-refractivity contribution in [3.63, 3.8) is 0 Å². The van der Waals surface area contributed by atoms with Crippen LogP contribution >= 0.6 is 0 Å². The Hall–Kier alpha value is -1.77. The lowest BCUT2D eigenvalue weighted by molar-refractivity contribution is -0.126. The van der Waals surface area contributed by atoms with E-state index in [2.05, 4.69) is 16.8 Å². The Morgan fingerprint density at radius 2 is 2.24 bits per heavy atom. The highest BCUT2D eigenvalue weighted by molar-refractivity contribution is 5.88. The van der Waals surface area contributed by atoms with E-state index in [0.29, 0.717) is 6.04 Å². The van der Waals surface area contributed by atoms with Crippen molar-refractivity contribution in [2.24, 2.45) is 5.41 Å². The molecule has 2 aliphatic rings. The van der Waals surface area contributed by atoms with Crippen LogP contribution in [0, 0.1) is 5.41 Å². The molecule has 1 N–H and O–H groups in total. The Balaban J connectivity index is 1.81. The SMILES string of the molecule is [3H]c1ccc(N2CCC3(CC(=C)NC3=O)C2)cc1. The van der Waals surface area contributed by atoms with Crippen LogP contribution in [0.1, 0.15) is 14.2 Å². The molecule has 1 aromatic rings. The van der Waals surface area contributed by atoms with Crippen LogP contribution in [0.4, 0.5) is 5.69 Å². The number of carbonyl (C=O) groups excluding carboxylic acids is 1. The van der Waals surface area contributed by atoms with Crippen LogP contribution in [0.25, 0.3) is 0 Å². The Kier molecular flexibility index (Phi) is 1.98. The smallest absolute Gasteiger partial charge is 0.232 e. The molecule has 0 saturated carbocycles. The molecule has 88 valence electrons. The van der Waals surface area contributed by atoms with Crippen LogP contribution in [0.15, 0.2) is 42.6 Å². The van der Waals surface area contributed by atoms with Gasteiger partial charge in [-0.2, -0.15) is 0 Å². The van der Waals surface area contributed by atoms with E-state index >= 15 is 0 Å². The zero-order valence-corrected chi connectivity index (χ0v) is 9.70. The molecule has 0 aromatic heterocycles. The monoisotopic (exact) mass is 230 g/mol. The van der Waals surface area contributed by atoms with E-state index in [1.807, 2.05) is 12.1 Å². The van der Waals surface area contributed by atoms with E-state index in [1.54, 1.807) is 12.1 Å². The van der Waals surface area contributed by atoms with Gasteiger partial charge in [0.25, 0.3) is 0 Å². The van der Waals surface area contributed by atoms with Crippen LogP contribution in [0.3, 0.4) is 0 Å². The molecule has 0 bridgehead atoms. The second kappa shape index (κ2) is 3.62. The standard InChI is InChI=1S/C14H16N2O/c1-11-9-14(13(17)15-11)7-8-16(10-14)12-5-3-2-4-6-12/h2-6H,1,7-10H2,(H,15,17)/i2T. The van der Waals surface area contributed by atoms with Crippen LogP contribution < -0.4 is 10.2 Å². The summed E-state index contributed by atoms with van der Waals surface area (Å²) in [4.78, 5) is 14.2. The number of hydrogen-bond donors (Lipinski definition) is 1. The van der Waals surface area contributed by atoms with Gasteiger partial charge in [-0.25, -0.2) is 0 Å². The lowest BCUT2D eigenvalue weighted by Gasteiger charge is -2.22. The number of para-hydroxylation sites is 1. The van der Waals surface area contributed by atoms with Crippen molar-refractivity contribution < 1.29 is 6.17 Å². The fraction of sp³-hybridized carbons (Fsp3) is 0.357. The normalized spacial score (nSPS) is 28.7. The second-order valence-electron chi connectivity index (χ2n) is 4.94. The lowest BCUT2D eigenvalue weighted by Crippen LogP contribution is -2.34. The maximum absolute atomic E-state index is 12.0. The first-order valence-corrected chi connectivity index (χ1v) is 5.90. The third-order valence-electron chi connectivity index (χ3n) is 3.74. The molecule has 3 nitrogen and oxygen atoms in total. The minimum atomic E-state index is -0.281. The topological polar surface area (TPSA) is 32.3 Å². The zero-order chi connectivity index (χ0) is 12.8. The molecule has 3 heteroatoms. The summed E-state index contributed by atoms with van der Waals surface area (Å²) in [7, 11) is 0. The van der Waals surface area contributed by atoms with Gasteiger partial charge < -0.3 is 10.2 Å². The molecule has 1 spiro atoms. The molecular formula is C14H16N2O. The van der Waals surface area contributed by atoms with Gasteiger partial charge in [-0.3, -0.25) is 4.79 Å². The van der Waals surface area contributed by atoms with Crippen LogP contribution in [-0.4, -0.2) is 19.0 Å². The van der Waals surface area contributed by atoms with Crippen LogP contribution in [-0.2, 0) is 4.79 Å². The molecule has 2 fully saturated rings. The van der Waals surface area contributed by atoms with Gasteiger partial charge in [-0.15, -0.1) is 0 Å². The predicted molar refractivity (Wildman–Crippen MR) is 67.6 cm³/mol. The van der Waals surface area contributed by atoms with Crippen molar-refractivity contribution in [2.45, 2.75) is 12.8 Å². The first-order valence-electron chi connectivity index (χ1n) is 6.40. The first kappa shape index (κ1) is 9.28.